The van der Waals surface area contributed by atoms with Crippen LogP contribution >= 0.6 is 11.3 Å². The lowest BCUT2D eigenvalue weighted by atomic mass is 9.90. The Hall–Kier alpha value is -4.23. The van der Waals surface area contributed by atoms with Gasteiger partial charge in [-0.15, -0.1) is 11.3 Å². The number of pyridine rings is 1. The summed E-state index contributed by atoms with van der Waals surface area (Å²) < 4.78 is 0. The highest BCUT2D eigenvalue weighted by Crippen LogP contribution is 2.36. The number of amides is 1. The summed E-state index contributed by atoms with van der Waals surface area (Å²) in [5.41, 5.74) is 3.67. The number of hydrogen-bond acceptors (Lipinski definition) is 5. The molecular weight excluding hydrogens is 482 g/mol. The van der Waals surface area contributed by atoms with Gasteiger partial charge in [0.05, 0.1) is 16.3 Å². The molecule has 4 aromatic rings. The number of carboxylic acid groups (broad SMARTS) is 1. The Bertz CT molecular complexity index is 1280. The third-order valence-corrected chi connectivity index (χ3v) is 7.14. The number of aromatic nitrogens is 1. The Labute approximate surface area is 220 Å². The van der Waals surface area contributed by atoms with Gasteiger partial charge in [-0.25, -0.2) is 4.79 Å². The van der Waals surface area contributed by atoms with E-state index >= 15 is 0 Å². The minimum atomic E-state index is -1.06. The van der Waals surface area contributed by atoms with E-state index < -0.39 is 12.0 Å². The van der Waals surface area contributed by atoms with Crippen LogP contribution in [0.2, 0.25) is 0 Å². The van der Waals surface area contributed by atoms with Crippen molar-refractivity contribution < 1.29 is 14.7 Å². The molecule has 2 aromatic carbocycles. The molecule has 37 heavy (non-hydrogen) atoms. The molecule has 0 fully saturated rings. The second kappa shape index (κ2) is 12.6. The first-order valence-corrected chi connectivity index (χ1v) is 12.9. The monoisotopic (exact) mass is 511 g/mol. The van der Waals surface area contributed by atoms with Crippen molar-refractivity contribution in [2.24, 2.45) is 0 Å². The van der Waals surface area contributed by atoms with E-state index in [4.69, 9.17) is 0 Å². The Balaban J connectivity index is 1.39. The lowest BCUT2D eigenvalue weighted by molar-refractivity contribution is -0.139. The highest BCUT2D eigenvalue weighted by atomic mass is 32.1. The average molecular weight is 512 g/mol. The molecule has 0 aliphatic heterocycles. The summed E-state index contributed by atoms with van der Waals surface area (Å²) in [6.45, 7) is 4.49. The molecule has 1 unspecified atom stereocenters. The number of carbonyl (C=O) groups is 2. The van der Waals surface area contributed by atoms with E-state index in [0.717, 1.165) is 21.7 Å². The molecule has 6 nitrogen and oxygen atoms in total. The Morgan fingerprint density at radius 2 is 1.54 bits per heavy atom. The largest absolute Gasteiger partial charge is 0.480 e. The molecule has 1 atom stereocenters. The van der Waals surface area contributed by atoms with Crippen LogP contribution in [0.1, 0.15) is 50.1 Å². The number of carbonyl (C=O) groups excluding carboxylic acids is 1. The van der Waals surface area contributed by atoms with Gasteiger partial charge in [-0.2, -0.15) is 0 Å². The fourth-order valence-electron chi connectivity index (χ4n) is 4.11. The van der Waals surface area contributed by atoms with Gasteiger partial charge in [-0.1, -0.05) is 73.3 Å². The molecule has 0 aliphatic carbocycles. The molecule has 2 aromatic heterocycles. The van der Waals surface area contributed by atoms with Crippen molar-refractivity contribution in [3.63, 3.8) is 0 Å². The molecule has 7 heteroatoms. The first-order valence-electron chi connectivity index (χ1n) is 12.1. The molecule has 0 saturated carbocycles. The van der Waals surface area contributed by atoms with Crippen molar-refractivity contribution in [1.82, 2.24) is 15.6 Å². The van der Waals surface area contributed by atoms with E-state index in [9.17, 15) is 14.7 Å². The maximum absolute atomic E-state index is 13.0. The van der Waals surface area contributed by atoms with Gasteiger partial charge < -0.3 is 15.7 Å². The zero-order valence-corrected chi connectivity index (χ0v) is 21.2. The van der Waals surface area contributed by atoms with Gasteiger partial charge in [-0.05, 0) is 48.2 Å². The van der Waals surface area contributed by atoms with Crippen molar-refractivity contribution >= 4 is 28.9 Å². The highest BCUT2D eigenvalue weighted by Gasteiger charge is 2.23. The van der Waals surface area contributed by atoms with Gasteiger partial charge in [0.15, 0.2) is 0 Å². The molecular formula is C30H29N3O3S. The second-order valence-electron chi connectivity index (χ2n) is 8.58. The number of aliphatic carboxylic acids is 1. The van der Waals surface area contributed by atoms with E-state index in [-0.39, 0.29) is 11.8 Å². The van der Waals surface area contributed by atoms with Crippen LogP contribution in [0.4, 0.5) is 0 Å². The highest BCUT2D eigenvalue weighted by molar-refractivity contribution is 7.14. The van der Waals surface area contributed by atoms with Crippen molar-refractivity contribution in [2.75, 3.05) is 6.54 Å². The number of rotatable bonds is 12. The molecule has 1 amide bonds. The van der Waals surface area contributed by atoms with Crippen LogP contribution in [-0.4, -0.2) is 34.6 Å². The standard InChI is InChI=1S/C30H29N3O3S/c1-21(24-15-8-9-19-32-24)31-20-10-16-25(30(35)36)33-29(34)27-18-17-26(37-27)28(22-11-4-2-5-12-22)23-13-6-3-7-14-23/h2-9,11-15,17-19,25,28,31H,1,10,16,20H2,(H,33,34)(H,35,36). The van der Waals surface area contributed by atoms with E-state index in [1.807, 2.05) is 60.7 Å². The lowest BCUT2D eigenvalue weighted by Gasteiger charge is -2.17. The SMILES string of the molecule is C=C(NCCCC(NC(=O)c1ccc(C(c2ccccc2)c2ccccc2)s1)C(=O)O)c1ccccn1. The van der Waals surface area contributed by atoms with Gasteiger partial charge in [0, 0.05) is 23.5 Å². The smallest absolute Gasteiger partial charge is 0.326 e. The van der Waals surface area contributed by atoms with Gasteiger partial charge in [0.2, 0.25) is 0 Å². The van der Waals surface area contributed by atoms with Gasteiger partial charge in [-0.3, -0.25) is 9.78 Å². The van der Waals surface area contributed by atoms with Crippen LogP contribution < -0.4 is 10.6 Å². The molecule has 2 heterocycles. The second-order valence-corrected chi connectivity index (χ2v) is 9.70. The number of nitrogens with one attached hydrogen (secondary N) is 2. The zero-order chi connectivity index (χ0) is 26.0. The third-order valence-electron chi connectivity index (χ3n) is 5.99. The summed E-state index contributed by atoms with van der Waals surface area (Å²) in [5, 5.41) is 15.5. The van der Waals surface area contributed by atoms with Crippen molar-refractivity contribution in [2.45, 2.75) is 24.8 Å². The van der Waals surface area contributed by atoms with Crippen molar-refractivity contribution in [3.8, 4) is 0 Å². The van der Waals surface area contributed by atoms with Crippen LogP contribution in [-0.2, 0) is 4.79 Å². The van der Waals surface area contributed by atoms with Crippen LogP contribution in [0.5, 0.6) is 0 Å². The number of thiophene rings is 1. The van der Waals surface area contributed by atoms with E-state index in [1.165, 1.54) is 11.3 Å². The summed E-state index contributed by atoms with van der Waals surface area (Å²) in [4.78, 5) is 30.6. The minimum absolute atomic E-state index is 0.0116. The van der Waals surface area contributed by atoms with Crippen LogP contribution in [0.15, 0.2) is 104 Å². The summed E-state index contributed by atoms with van der Waals surface area (Å²) in [6, 6.07) is 28.6. The van der Waals surface area contributed by atoms with Gasteiger partial charge in [0.25, 0.3) is 5.91 Å². The van der Waals surface area contributed by atoms with E-state index in [1.54, 1.807) is 12.3 Å². The van der Waals surface area contributed by atoms with Gasteiger partial charge in [0.1, 0.15) is 6.04 Å². The number of hydrogen-bond donors (Lipinski definition) is 3. The predicted octanol–water partition coefficient (Wildman–Crippen LogP) is 5.55. The molecule has 0 spiro atoms. The Kier molecular flexibility index (Phi) is 8.84. The molecule has 4 rings (SSSR count). The summed E-state index contributed by atoms with van der Waals surface area (Å²) in [6.07, 6.45) is 2.53. The zero-order valence-electron chi connectivity index (χ0n) is 20.3. The lowest BCUT2D eigenvalue weighted by Crippen LogP contribution is -2.40. The molecule has 188 valence electrons. The summed E-state index contributed by atoms with van der Waals surface area (Å²) in [5.74, 6) is -1.45. The average Bonchev–Trinajstić information content (AvgIpc) is 3.42. The fourth-order valence-corrected chi connectivity index (χ4v) is 5.17. The summed E-state index contributed by atoms with van der Waals surface area (Å²) >= 11 is 1.39. The fraction of sp³-hybridized carbons (Fsp3) is 0.167. The number of nitrogens with zero attached hydrogens (tertiary/aromatic N) is 1. The van der Waals surface area contributed by atoms with Crippen LogP contribution in [0, 0.1) is 0 Å². The normalized spacial score (nSPS) is 11.6. The molecule has 0 bridgehead atoms. The van der Waals surface area contributed by atoms with Crippen LogP contribution in [0.25, 0.3) is 5.70 Å². The number of carboxylic acids is 1. The topological polar surface area (TPSA) is 91.3 Å². The maximum atomic E-state index is 13.0. The first-order chi connectivity index (χ1) is 18.0. The van der Waals surface area contributed by atoms with Gasteiger partial charge >= 0.3 is 5.97 Å². The van der Waals surface area contributed by atoms with E-state index in [0.29, 0.717) is 30.0 Å². The first kappa shape index (κ1) is 25.9. The van der Waals surface area contributed by atoms with Crippen LogP contribution in [0.3, 0.4) is 0 Å². The number of benzene rings is 2. The Morgan fingerprint density at radius 1 is 0.892 bits per heavy atom. The predicted molar refractivity (Wildman–Crippen MR) is 148 cm³/mol. The van der Waals surface area contributed by atoms with Crippen molar-refractivity contribution in [1.29, 1.82) is 0 Å². The molecule has 0 aliphatic rings. The maximum Gasteiger partial charge on any atom is 0.326 e. The minimum Gasteiger partial charge on any atom is -0.480 e. The summed E-state index contributed by atoms with van der Waals surface area (Å²) in [7, 11) is 0. The molecule has 0 saturated heterocycles. The third kappa shape index (κ3) is 6.92. The molecule has 3 N–H and O–H groups in total. The van der Waals surface area contributed by atoms with E-state index in [2.05, 4.69) is 46.5 Å². The molecule has 0 radical (unpaired) electrons. The quantitative estimate of drug-likeness (QED) is 0.217. The Morgan fingerprint density at radius 3 is 2.14 bits per heavy atom. The van der Waals surface area contributed by atoms with Crippen molar-refractivity contribution in [3.05, 3.63) is 130 Å².